The first kappa shape index (κ1) is 14.6. The molecule has 6 nitrogen and oxygen atoms in total. The highest BCUT2D eigenvalue weighted by Gasteiger charge is 2.20. The van der Waals surface area contributed by atoms with E-state index < -0.39 is 0 Å². The number of ether oxygens (including phenoxy) is 1. The smallest absolute Gasteiger partial charge is 0.317 e. The maximum absolute atomic E-state index is 12.1. The fourth-order valence-corrected chi connectivity index (χ4v) is 2.11. The number of pyridine rings is 1. The molecule has 6 heteroatoms. The van der Waals surface area contributed by atoms with Crippen LogP contribution in [0.3, 0.4) is 0 Å². The van der Waals surface area contributed by atoms with Gasteiger partial charge in [-0.05, 0) is 24.6 Å². The number of hydrogen-bond donors (Lipinski definition) is 1. The van der Waals surface area contributed by atoms with Crippen molar-refractivity contribution in [1.29, 1.82) is 0 Å². The number of urea groups is 1. The largest absolute Gasteiger partial charge is 0.375 e. The molecule has 2 amide bonds. The number of carbonyl (C=O) groups excluding carboxylic acids is 1. The minimum absolute atomic E-state index is 0.0386. The van der Waals surface area contributed by atoms with Gasteiger partial charge in [0.2, 0.25) is 0 Å². The van der Waals surface area contributed by atoms with Gasteiger partial charge in [0.1, 0.15) is 5.82 Å². The third-order valence-corrected chi connectivity index (χ3v) is 3.24. The van der Waals surface area contributed by atoms with Crippen molar-refractivity contribution in [1.82, 2.24) is 15.2 Å². The Labute approximate surface area is 119 Å². The second-order valence-corrected chi connectivity index (χ2v) is 5.20. The number of aromatic nitrogens is 1. The van der Waals surface area contributed by atoms with Crippen LogP contribution in [0.5, 0.6) is 0 Å². The van der Waals surface area contributed by atoms with Gasteiger partial charge in [-0.1, -0.05) is 0 Å². The minimum atomic E-state index is -0.0386. The van der Waals surface area contributed by atoms with E-state index in [2.05, 4.69) is 10.3 Å². The molecule has 0 unspecified atom stereocenters. The Bertz CT molecular complexity index is 464. The first-order chi connectivity index (χ1) is 9.56. The van der Waals surface area contributed by atoms with Gasteiger partial charge in [-0.25, -0.2) is 9.78 Å². The second-order valence-electron chi connectivity index (χ2n) is 5.20. The highest BCUT2D eigenvalue weighted by atomic mass is 16.5. The molecule has 1 aromatic rings. The lowest BCUT2D eigenvalue weighted by molar-refractivity contribution is -0.00351. The van der Waals surface area contributed by atoms with Crippen LogP contribution in [0.1, 0.15) is 12.5 Å². The number of hydrogen-bond acceptors (Lipinski definition) is 4. The molecular weight excluding hydrogens is 256 g/mol. The minimum Gasteiger partial charge on any atom is -0.375 e. The molecule has 1 aliphatic heterocycles. The summed E-state index contributed by atoms with van der Waals surface area (Å²) in [6.45, 7) is 4.38. The van der Waals surface area contributed by atoms with E-state index >= 15 is 0 Å². The highest BCUT2D eigenvalue weighted by Crippen LogP contribution is 2.10. The van der Waals surface area contributed by atoms with Crippen molar-refractivity contribution in [2.45, 2.75) is 19.6 Å². The van der Waals surface area contributed by atoms with E-state index in [0.29, 0.717) is 26.2 Å². The Hall–Kier alpha value is -1.82. The van der Waals surface area contributed by atoms with Crippen molar-refractivity contribution in [2.24, 2.45) is 0 Å². The Kier molecular flexibility index (Phi) is 4.79. The molecule has 0 bridgehead atoms. The summed E-state index contributed by atoms with van der Waals surface area (Å²) in [5, 5.41) is 2.94. The van der Waals surface area contributed by atoms with Crippen molar-refractivity contribution in [3.63, 3.8) is 0 Å². The Balaban J connectivity index is 1.88. The molecule has 2 heterocycles. The lowest BCUT2D eigenvalue weighted by Crippen LogP contribution is -2.48. The first-order valence-corrected chi connectivity index (χ1v) is 6.83. The summed E-state index contributed by atoms with van der Waals surface area (Å²) < 4.78 is 5.43. The Morgan fingerprint density at radius 2 is 2.40 bits per heavy atom. The molecule has 110 valence electrons. The third-order valence-electron chi connectivity index (χ3n) is 3.24. The molecule has 1 aromatic heterocycles. The third kappa shape index (κ3) is 3.84. The van der Waals surface area contributed by atoms with Crippen LogP contribution in [-0.2, 0) is 11.3 Å². The molecule has 2 rings (SSSR count). The molecular formula is C14H22N4O2. The molecule has 1 saturated heterocycles. The van der Waals surface area contributed by atoms with Crippen LogP contribution in [0, 0.1) is 0 Å². The predicted molar refractivity (Wildman–Crippen MR) is 77.8 cm³/mol. The fourth-order valence-electron chi connectivity index (χ4n) is 2.11. The second kappa shape index (κ2) is 6.56. The lowest BCUT2D eigenvalue weighted by Gasteiger charge is -2.31. The molecule has 0 aliphatic carbocycles. The molecule has 1 aliphatic rings. The van der Waals surface area contributed by atoms with Crippen molar-refractivity contribution in [3.8, 4) is 0 Å². The number of carbonyl (C=O) groups is 1. The van der Waals surface area contributed by atoms with Crippen LogP contribution in [0.2, 0.25) is 0 Å². The average molecular weight is 278 g/mol. The molecule has 0 radical (unpaired) electrons. The Morgan fingerprint density at radius 3 is 3.10 bits per heavy atom. The van der Waals surface area contributed by atoms with E-state index in [0.717, 1.165) is 11.4 Å². The standard InChI is InChI=1S/C14H22N4O2/c1-11-10-18(6-7-20-11)14(19)16-9-12-4-5-15-13(8-12)17(2)3/h4-5,8,11H,6-7,9-10H2,1-3H3,(H,16,19)/t11-/m1/s1. The van der Waals surface area contributed by atoms with Crippen LogP contribution in [0.25, 0.3) is 0 Å². The van der Waals surface area contributed by atoms with Crippen molar-refractivity contribution < 1.29 is 9.53 Å². The average Bonchev–Trinajstić information content (AvgIpc) is 2.45. The molecule has 1 fully saturated rings. The van der Waals surface area contributed by atoms with E-state index in [1.807, 2.05) is 38.1 Å². The summed E-state index contributed by atoms with van der Waals surface area (Å²) in [4.78, 5) is 20.1. The summed E-state index contributed by atoms with van der Waals surface area (Å²) >= 11 is 0. The number of anilines is 1. The van der Waals surface area contributed by atoms with E-state index in [9.17, 15) is 4.79 Å². The molecule has 0 aromatic carbocycles. The zero-order valence-corrected chi connectivity index (χ0v) is 12.3. The number of rotatable bonds is 3. The monoisotopic (exact) mass is 278 g/mol. The highest BCUT2D eigenvalue weighted by molar-refractivity contribution is 5.74. The summed E-state index contributed by atoms with van der Waals surface area (Å²) in [5.41, 5.74) is 1.04. The normalized spacial score (nSPS) is 18.8. The van der Waals surface area contributed by atoms with Crippen molar-refractivity contribution in [2.75, 3.05) is 38.7 Å². The molecule has 1 atom stereocenters. The number of morpholine rings is 1. The first-order valence-electron chi connectivity index (χ1n) is 6.83. The fraction of sp³-hybridized carbons (Fsp3) is 0.571. The van der Waals surface area contributed by atoms with Gasteiger partial charge in [-0.3, -0.25) is 0 Å². The number of amides is 2. The molecule has 20 heavy (non-hydrogen) atoms. The topological polar surface area (TPSA) is 57.7 Å². The van der Waals surface area contributed by atoms with Crippen LogP contribution >= 0.6 is 0 Å². The zero-order chi connectivity index (χ0) is 14.5. The van der Waals surface area contributed by atoms with Gasteiger partial charge in [0.05, 0.1) is 12.7 Å². The van der Waals surface area contributed by atoms with Crippen LogP contribution < -0.4 is 10.2 Å². The van der Waals surface area contributed by atoms with E-state index in [4.69, 9.17) is 4.74 Å². The van der Waals surface area contributed by atoms with Crippen LogP contribution in [0.15, 0.2) is 18.3 Å². The van der Waals surface area contributed by atoms with Crippen molar-refractivity contribution >= 4 is 11.8 Å². The maximum atomic E-state index is 12.1. The van der Waals surface area contributed by atoms with Crippen LogP contribution in [0.4, 0.5) is 10.6 Å². The van der Waals surface area contributed by atoms with Gasteiger partial charge < -0.3 is 19.9 Å². The van der Waals surface area contributed by atoms with E-state index in [-0.39, 0.29) is 12.1 Å². The summed E-state index contributed by atoms with van der Waals surface area (Å²) in [5.74, 6) is 0.886. The lowest BCUT2D eigenvalue weighted by atomic mass is 10.2. The number of nitrogens with zero attached hydrogens (tertiary/aromatic N) is 3. The Morgan fingerprint density at radius 1 is 1.60 bits per heavy atom. The van der Waals surface area contributed by atoms with Gasteiger partial charge in [-0.2, -0.15) is 0 Å². The van der Waals surface area contributed by atoms with Gasteiger partial charge in [-0.15, -0.1) is 0 Å². The van der Waals surface area contributed by atoms with Gasteiger partial charge in [0.15, 0.2) is 0 Å². The van der Waals surface area contributed by atoms with Crippen molar-refractivity contribution in [3.05, 3.63) is 23.9 Å². The van der Waals surface area contributed by atoms with Gasteiger partial charge in [0.25, 0.3) is 0 Å². The quantitative estimate of drug-likeness (QED) is 0.899. The van der Waals surface area contributed by atoms with Gasteiger partial charge in [0, 0.05) is 39.9 Å². The number of nitrogens with one attached hydrogen (secondary N) is 1. The predicted octanol–water partition coefficient (Wildman–Crippen LogP) is 1.08. The maximum Gasteiger partial charge on any atom is 0.317 e. The molecule has 0 saturated carbocycles. The van der Waals surface area contributed by atoms with E-state index in [1.165, 1.54) is 0 Å². The SMILES string of the molecule is C[C@@H]1CN(C(=O)NCc2ccnc(N(C)C)c2)CCO1. The van der Waals surface area contributed by atoms with E-state index in [1.54, 1.807) is 11.1 Å². The van der Waals surface area contributed by atoms with Crippen LogP contribution in [-0.4, -0.2) is 55.8 Å². The summed E-state index contributed by atoms with van der Waals surface area (Å²) in [7, 11) is 3.89. The summed E-state index contributed by atoms with van der Waals surface area (Å²) in [6.07, 6.45) is 1.86. The molecule has 0 spiro atoms. The van der Waals surface area contributed by atoms with Gasteiger partial charge >= 0.3 is 6.03 Å². The molecule has 1 N–H and O–H groups in total. The summed E-state index contributed by atoms with van der Waals surface area (Å²) in [6, 6.07) is 3.85. The zero-order valence-electron chi connectivity index (χ0n) is 12.3.